The van der Waals surface area contributed by atoms with E-state index >= 15 is 0 Å². The second kappa shape index (κ2) is 6.88. The van der Waals surface area contributed by atoms with Crippen LogP contribution < -0.4 is 11.2 Å². The van der Waals surface area contributed by atoms with Gasteiger partial charge in [-0.2, -0.15) is 0 Å². The molecule has 0 saturated carbocycles. The van der Waals surface area contributed by atoms with E-state index in [1.165, 1.54) is 53.4 Å². The maximum atomic E-state index is 14.1. The zero-order valence-corrected chi connectivity index (χ0v) is 15.0. The summed E-state index contributed by atoms with van der Waals surface area (Å²) in [7, 11) is 0. The van der Waals surface area contributed by atoms with Gasteiger partial charge in [-0.25, -0.2) is 23.1 Å². The van der Waals surface area contributed by atoms with E-state index in [0.717, 1.165) is 4.57 Å². The molecule has 0 spiro atoms. The van der Waals surface area contributed by atoms with E-state index in [-0.39, 0.29) is 23.3 Å². The Bertz CT molecular complexity index is 1290. The Labute approximate surface area is 157 Å². The molecule has 6 nitrogen and oxygen atoms in total. The van der Waals surface area contributed by atoms with Gasteiger partial charge in [0.1, 0.15) is 11.6 Å². The van der Waals surface area contributed by atoms with Crippen LogP contribution in [0, 0.1) is 11.6 Å². The van der Waals surface area contributed by atoms with Crippen LogP contribution >= 0.6 is 0 Å². The smallest absolute Gasteiger partial charge is 0.325 e. The van der Waals surface area contributed by atoms with Gasteiger partial charge in [0.15, 0.2) is 11.2 Å². The average Bonchev–Trinajstić information content (AvgIpc) is 3.12. The molecule has 0 aliphatic heterocycles. The Morgan fingerprint density at radius 1 is 1.00 bits per heavy atom. The number of aromatic nitrogens is 4. The molecule has 0 fully saturated rings. The van der Waals surface area contributed by atoms with Crippen LogP contribution in [0.1, 0.15) is 12.5 Å². The number of aryl methyl sites for hydroxylation is 1. The zero-order chi connectivity index (χ0) is 19.8. The van der Waals surface area contributed by atoms with Gasteiger partial charge >= 0.3 is 5.69 Å². The number of imidazole rings is 1. The summed E-state index contributed by atoms with van der Waals surface area (Å²) in [5.74, 6) is -0.960. The minimum absolute atomic E-state index is 0.174. The molecule has 0 amide bonds. The lowest BCUT2D eigenvalue weighted by Gasteiger charge is -2.13. The van der Waals surface area contributed by atoms with Crippen molar-refractivity contribution in [1.29, 1.82) is 0 Å². The number of benzene rings is 2. The Balaban J connectivity index is 2.05. The van der Waals surface area contributed by atoms with Crippen LogP contribution in [0.5, 0.6) is 0 Å². The van der Waals surface area contributed by atoms with Gasteiger partial charge in [-0.3, -0.25) is 9.36 Å². The summed E-state index contributed by atoms with van der Waals surface area (Å²) in [5.41, 5.74) is -0.250. The molecule has 0 N–H and O–H groups in total. The molecular formula is C20H16F2N4O2. The lowest BCUT2D eigenvalue weighted by Crippen LogP contribution is -2.40. The van der Waals surface area contributed by atoms with Crippen LogP contribution in [0.25, 0.3) is 16.9 Å². The molecular weight excluding hydrogens is 366 g/mol. The monoisotopic (exact) mass is 382 g/mol. The molecule has 2 aromatic carbocycles. The van der Waals surface area contributed by atoms with Gasteiger partial charge < -0.3 is 4.57 Å². The van der Waals surface area contributed by atoms with Gasteiger partial charge in [-0.05, 0) is 37.3 Å². The molecule has 4 rings (SSSR count). The summed E-state index contributed by atoms with van der Waals surface area (Å²) < 4.78 is 31.3. The number of fused-ring (bicyclic) bond motifs is 1. The summed E-state index contributed by atoms with van der Waals surface area (Å²) in [5, 5.41) is 0. The molecule has 0 atom stereocenters. The van der Waals surface area contributed by atoms with Crippen molar-refractivity contribution in [2.45, 2.75) is 20.0 Å². The molecule has 142 valence electrons. The highest BCUT2D eigenvalue weighted by Crippen LogP contribution is 2.14. The maximum absolute atomic E-state index is 14.1. The summed E-state index contributed by atoms with van der Waals surface area (Å²) in [6, 6.07) is 11.3. The van der Waals surface area contributed by atoms with E-state index in [1.807, 2.05) is 6.92 Å². The number of hydrogen-bond donors (Lipinski definition) is 0. The number of rotatable bonds is 4. The molecule has 0 aliphatic carbocycles. The van der Waals surface area contributed by atoms with E-state index in [2.05, 4.69) is 4.98 Å². The lowest BCUT2D eigenvalue weighted by atomic mass is 10.2. The SMILES string of the molecule is CCn1cnc2c1c(=O)n(Cc1ccccc1F)c(=O)n2-c1ccc(F)cc1. The van der Waals surface area contributed by atoms with Crippen molar-refractivity contribution in [3.63, 3.8) is 0 Å². The van der Waals surface area contributed by atoms with Crippen LogP contribution in [-0.2, 0) is 13.1 Å². The molecule has 2 heterocycles. The topological polar surface area (TPSA) is 61.8 Å². The third-order valence-corrected chi connectivity index (χ3v) is 4.61. The lowest BCUT2D eigenvalue weighted by molar-refractivity contribution is 0.586. The fourth-order valence-electron chi connectivity index (χ4n) is 3.18. The molecule has 0 aliphatic rings. The van der Waals surface area contributed by atoms with Crippen LogP contribution in [0.4, 0.5) is 8.78 Å². The highest BCUT2D eigenvalue weighted by molar-refractivity contribution is 5.72. The van der Waals surface area contributed by atoms with Crippen molar-refractivity contribution in [3.05, 3.63) is 92.9 Å². The van der Waals surface area contributed by atoms with Crippen LogP contribution in [0.15, 0.2) is 64.4 Å². The van der Waals surface area contributed by atoms with Crippen LogP contribution in [0.3, 0.4) is 0 Å². The van der Waals surface area contributed by atoms with Crippen LogP contribution in [0.2, 0.25) is 0 Å². The standard InChI is InChI=1S/C20H16F2N4O2/c1-2-24-12-23-18-17(24)19(27)25(11-13-5-3-4-6-16(13)22)20(28)26(18)15-9-7-14(21)8-10-15/h3-10,12H,2,11H2,1H3. The average molecular weight is 382 g/mol. The molecule has 28 heavy (non-hydrogen) atoms. The van der Waals surface area contributed by atoms with E-state index in [9.17, 15) is 18.4 Å². The molecule has 4 aromatic rings. The van der Waals surface area contributed by atoms with Gasteiger partial charge in [0, 0.05) is 12.1 Å². The quantitative estimate of drug-likeness (QED) is 0.545. The minimum atomic E-state index is -0.672. The Morgan fingerprint density at radius 3 is 2.39 bits per heavy atom. The second-order valence-corrected chi connectivity index (χ2v) is 6.28. The third kappa shape index (κ3) is 2.83. The minimum Gasteiger partial charge on any atom is -0.325 e. The van der Waals surface area contributed by atoms with Gasteiger partial charge in [0.2, 0.25) is 0 Å². The molecule has 0 saturated heterocycles. The third-order valence-electron chi connectivity index (χ3n) is 4.61. The Hall–Kier alpha value is -3.55. The highest BCUT2D eigenvalue weighted by Gasteiger charge is 2.19. The number of halogens is 2. The van der Waals surface area contributed by atoms with Gasteiger partial charge in [0.05, 0.1) is 18.6 Å². The summed E-state index contributed by atoms with van der Waals surface area (Å²) in [6.45, 7) is 2.08. The number of hydrogen-bond acceptors (Lipinski definition) is 3. The van der Waals surface area contributed by atoms with Crippen molar-refractivity contribution in [1.82, 2.24) is 18.7 Å². The highest BCUT2D eigenvalue weighted by atomic mass is 19.1. The van der Waals surface area contributed by atoms with Gasteiger partial charge in [0.25, 0.3) is 5.56 Å². The fraction of sp³-hybridized carbons (Fsp3) is 0.150. The van der Waals surface area contributed by atoms with Crippen molar-refractivity contribution in [2.75, 3.05) is 0 Å². The predicted molar refractivity (Wildman–Crippen MR) is 101 cm³/mol. The zero-order valence-electron chi connectivity index (χ0n) is 15.0. The number of nitrogens with zero attached hydrogens (tertiary/aromatic N) is 4. The predicted octanol–water partition coefficient (Wildman–Crippen LogP) is 2.70. The first-order chi connectivity index (χ1) is 13.5. The molecule has 0 unspecified atom stereocenters. The molecule has 8 heteroatoms. The fourth-order valence-corrected chi connectivity index (χ4v) is 3.18. The van der Waals surface area contributed by atoms with Crippen molar-refractivity contribution >= 4 is 11.2 Å². The van der Waals surface area contributed by atoms with E-state index in [0.29, 0.717) is 12.2 Å². The summed E-state index contributed by atoms with van der Waals surface area (Å²) >= 11 is 0. The van der Waals surface area contributed by atoms with Crippen molar-refractivity contribution in [3.8, 4) is 5.69 Å². The van der Waals surface area contributed by atoms with Gasteiger partial charge in [-0.15, -0.1) is 0 Å². The normalized spacial score (nSPS) is 11.2. The first-order valence-corrected chi connectivity index (χ1v) is 8.71. The molecule has 2 aromatic heterocycles. The first-order valence-electron chi connectivity index (χ1n) is 8.71. The first kappa shape index (κ1) is 17.8. The van der Waals surface area contributed by atoms with E-state index in [1.54, 1.807) is 10.6 Å². The molecule has 0 bridgehead atoms. The Kier molecular flexibility index (Phi) is 4.38. The summed E-state index contributed by atoms with van der Waals surface area (Å²) in [6.07, 6.45) is 1.47. The van der Waals surface area contributed by atoms with E-state index < -0.39 is 22.9 Å². The van der Waals surface area contributed by atoms with Crippen LogP contribution in [-0.4, -0.2) is 18.7 Å². The molecule has 0 radical (unpaired) electrons. The largest absolute Gasteiger partial charge is 0.337 e. The summed E-state index contributed by atoms with van der Waals surface area (Å²) in [4.78, 5) is 30.4. The van der Waals surface area contributed by atoms with Gasteiger partial charge in [-0.1, -0.05) is 18.2 Å². The van der Waals surface area contributed by atoms with E-state index in [4.69, 9.17) is 0 Å². The Morgan fingerprint density at radius 2 is 1.71 bits per heavy atom. The maximum Gasteiger partial charge on any atom is 0.337 e. The van der Waals surface area contributed by atoms with Crippen molar-refractivity contribution < 1.29 is 8.78 Å². The second-order valence-electron chi connectivity index (χ2n) is 6.28. The van der Waals surface area contributed by atoms with Crippen molar-refractivity contribution in [2.24, 2.45) is 0 Å².